The van der Waals surface area contributed by atoms with Crippen LogP contribution in [0.25, 0.3) is 0 Å². The lowest BCUT2D eigenvalue weighted by Gasteiger charge is -2.35. The van der Waals surface area contributed by atoms with Crippen LogP contribution in [0, 0.1) is 0 Å². The van der Waals surface area contributed by atoms with E-state index in [1.807, 2.05) is 0 Å². The number of likely N-dealkylation sites (N-methyl/N-ethyl adjacent to an activating group) is 2. The monoisotopic (exact) mass is 232 g/mol. The average Bonchev–Trinajstić information content (AvgIpc) is 2.23. The Kier molecular flexibility index (Phi) is 5.23. The smallest absolute Gasteiger partial charge is 0.329 e. The van der Waals surface area contributed by atoms with Crippen LogP contribution in [0.1, 0.15) is 20.8 Å². The molecule has 0 atom stereocenters. The number of hydrogen-bond acceptors (Lipinski definition) is 3. The molecule has 0 spiro atoms. The SMILES string of the molecule is CCN(CCO)C(=O)N(C)C(C)(C)C(=O)O. The summed E-state index contributed by atoms with van der Waals surface area (Å²) in [4.78, 5) is 25.4. The van der Waals surface area contributed by atoms with Crippen LogP contribution in [0.3, 0.4) is 0 Å². The third-order valence-electron chi connectivity index (χ3n) is 2.67. The van der Waals surface area contributed by atoms with Crippen LogP contribution in [0.5, 0.6) is 0 Å². The molecule has 0 aromatic carbocycles. The number of carboxylic acid groups (broad SMARTS) is 1. The highest BCUT2D eigenvalue weighted by Crippen LogP contribution is 2.14. The summed E-state index contributed by atoms with van der Waals surface area (Å²) in [6.07, 6.45) is 0. The van der Waals surface area contributed by atoms with Gasteiger partial charge in [0, 0.05) is 20.1 Å². The minimum atomic E-state index is -1.26. The molecule has 0 rings (SSSR count). The van der Waals surface area contributed by atoms with Gasteiger partial charge in [0.15, 0.2) is 0 Å². The normalized spacial score (nSPS) is 11.1. The molecule has 0 heterocycles. The molecule has 6 nitrogen and oxygen atoms in total. The maximum absolute atomic E-state index is 11.9. The minimum absolute atomic E-state index is 0.138. The molecule has 0 bridgehead atoms. The summed E-state index contributed by atoms with van der Waals surface area (Å²) in [7, 11) is 1.44. The predicted molar refractivity (Wildman–Crippen MR) is 59.2 cm³/mol. The molecule has 0 aliphatic carbocycles. The Morgan fingerprint density at radius 1 is 1.31 bits per heavy atom. The number of aliphatic carboxylic acids is 1. The van der Waals surface area contributed by atoms with Gasteiger partial charge in [-0.05, 0) is 20.8 Å². The number of carboxylic acids is 1. The van der Waals surface area contributed by atoms with Gasteiger partial charge in [0.1, 0.15) is 5.54 Å². The molecule has 0 aromatic heterocycles. The molecule has 0 saturated carbocycles. The molecule has 16 heavy (non-hydrogen) atoms. The van der Waals surface area contributed by atoms with Gasteiger partial charge in [0.2, 0.25) is 0 Å². The summed E-state index contributed by atoms with van der Waals surface area (Å²) in [5, 5.41) is 17.8. The van der Waals surface area contributed by atoms with Crippen LogP contribution >= 0.6 is 0 Å². The predicted octanol–water partition coefficient (Wildman–Crippen LogP) is 0.216. The number of urea groups is 1. The Hall–Kier alpha value is -1.30. The van der Waals surface area contributed by atoms with Crippen molar-refractivity contribution in [2.45, 2.75) is 26.3 Å². The van der Waals surface area contributed by atoms with Gasteiger partial charge in [-0.1, -0.05) is 0 Å². The van der Waals surface area contributed by atoms with E-state index in [-0.39, 0.29) is 13.2 Å². The summed E-state index contributed by atoms with van der Waals surface area (Å²) in [6, 6.07) is -0.399. The van der Waals surface area contributed by atoms with E-state index in [0.29, 0.717) is 6.54 Å². The summed E-state index contributed by atoms with van der Waals surface area (Å²) >= 11 is 0. The first-order chi connectivity index (χ1) is 7.28. The lowest BCUT2D eigenvalue weighted by atomic mass is 10.0. The van der Waals surface area contributed by atoms with Crippen molar-refractivity contribution in [1.29, 1.82) is 0 Å². The van der Waals surface area contributed by atoms with E-state index in [0.717, 1.165) is 4.90 Å². The van der Waals surface area contributed by atoms with E-state index in [4.69, 9.17) is 10.2 Å². The van der Waals surface area contributed by atoms with Crippen molar-refractivity contribution < 1.29 is 19.8 Å². The van der Waals surface area contributed by atoms with E-state index in [2.05, 4.69) is 0 Å². The lowest BCUT2D eigenvalue weighted by molar-refractivity contribution is -0.147. The van der Waals surface area contributed by atoms with E-state index < -0.39 is 17.5 Å². The molecule has 2 amide bonds. The first-order valence-corrected chi connectivity index (χ1v) is 5.16. The molecule has 0 aromatic rings. The van der Waals surface area contributed by atoms with Gasteiger partial charge in [-0.15, -0.1) is 0 Å². The zero-order valence-corrected chi connectivity index (χ0v) is 10.2. The minimum Gasteiger partial charge on any atom is -0.480 e. The molecular weight excluding hydrogens is 212 g/mol. The van der Waals surface area contributed by atoms with Crippen LogP contribution < -0.4 is 0 Å². The zero-order chi connectivity index (χ0) is 12.9. The number of carbonyl (C=O) groups is 2. The molecule has 0 aliphatic rings. The van der Waals surface area contributed by atoms with E-state index in [1.165, 1.54) is 25.8 Å². The van der Waals surface area contributed by atoms with Crippen molar-refractivity contribution in [2.24, 2.45) is 0 Å². The fourth-order valence-corrected chi connectivity index (χ4v) is 1.10. The van der Waals surface area contributed by atoms with Crippen LogP contribution in [-0.4, -0.2) is 64.3 Å². The highest BCUT2D eigenvalue weighted by molar-refractivity contribution is 5.85. The molecule has 0 radical (unpaired) electrons. The highest BCUT2D eigenvalue weighted by atomic mass is 16.4. The van der Waals surface area contributed by atoms with Crippen molar-refractivity contribution in [3.05, 3.63) is 0 Å². The Morgan fingerprint density at radius 3 is 2.12 bits per heavy atom. The van der Waals surface area contributed by atoms with Crippen LogP contribution in [0.2, 0.25) is 0 Å². The molecule has 0 aliphatic heterocycles. The van der Waals surface area contributed by atoms with Crippen molar-refractivity contribution in [1.82, 2.24) is 9.80 Å². The summed E-state index contributed by atoms with van der Waals surface area (Å²) in [5.74, 6) is -1.07. The fourth-order valence-electron chi connectivity index (χ4n) is 1.10. The Morgan fingerprint density at radius 2 is 1.81 bits per heavy atom. The second-order valence-corrected chi connectivity index (χ2v) is 4.01. The number of amides is 2. The van der Waals surface area contributed by atoms with E-state index in [1.54, 1.807) is 6.92 Å². The van der Waals surface area contributed by atoms with Gasteiger partial charge in [-0.25, -0.2) is 9.59 Å². The molecular formula is C10H20N2O4. The maximum Gasteiger partial charge on any atom is 0.329 e. The Bertz CT molecular complexity index is 266. The number of hydrogen-bond donors (Lipinski definition) is 2. The van der Waals surface area contributed by atoms with Gasteiger partial charge in [0.25, 0.3) is 0 Å². The van der Waals surface area contributed by atoms with Crippen molar-refractivity contribution >= 4 is 12.0 Å². The first-order valence-electron chi connectivity index (χ1n) is 5.16. The van der Waals surface area contributed by atoms with Crippen LogP contribution in [0.4, 0.5) is 4.79 Å². The van der Waals surface area contributed by atoms with Crippen LogP contribution in [0.15, 0.2) is 0 Å². The quantitative estimate of drug-likeness (QED) is 0.710. The van der Waals surface area contributed by atoms with E-state index >= 15 is 0 Å². The maximum atomic E-state index is 11.9. The lowest BCUT2D eigenvalue weighted by Crippen LogP contribution is -2.55. The largest absolute Gasteiger partial charge is 0.480 e. The van der Waals surface area contributed by atoms with Gasteiger partial charge in [-0.3, -0.25) is 0 Å². The zero-order valence-electron chi connectivity index (χ0n) is 10.2. The van der Waals surface area contributed by atoms with Crippen molar-refractivity contribution in [3.8, 4) is 0 Å². The molecule has 0 fully saturated rings. The Labute approximate surface area is 95.5 Å². The number of nitrogens with zero attached hydrogens (tertiary/aromatic N) is 2. The first kappa shape index (κ1) is 14.7. The number of rotatable bonds is 5. The van der Waals surface area contributed by atoms with Gasteiger partial charge in [0.05, 0.1) is 6.61 Å². The van der Waals surface area contributed by atoms with Crippen molar-refractivity contribution in [3.63, 3.8) is 0 Å². The second-order valence-electron chi connectivity index (χ2n) is 4.01. The fraction of sp³-hybridized carbons (Fsp3) is 0.800. The molecule has 0 unspecified atom stereocenters. The summed E-state index contributed by atoms with van der Waals surface area (Å²) in [5.41, 5.74) is -1.26. The molecule has 0 saturated heterocycles. The number of aliphatic hydroxyl groups is 1. The standard InChI is InChI=1S/C10H20N2O4/c1-5-12(6-7-13)9(16)11(4)10(2,3)8(14)15/h13H,5-7H2,1-4H3,(H,14,15). The average molecular weight is 232 g/mol. The van der Waals surface area contributed by atoms with Crippen LogP contribution in [-0.2, 0) is 4.79 Å². The topological polar surface area (TPSA) is 81.1 Å². The number of aliphatic hydroxyl groups excluding tert-OH is 1. The molecule has 94 valence electrons. The van der Waals surface area contributed by atoms with Gasteiger partial charge < -0.3 is 20.0 Å². The Balaban J connectivity index is 4.77. The third kappa shape index (κ3) is 3.10. The molecule has 6 heteroatoms. The number of carbonyl (C=O) groups excluding carboxylic acids is 1. The highest BCUT2D eigenvalue weighted by Gasteiger charge is 2.36. The summed E-state index contributed by atoms with van der Waals surface area (Å²) in [6.45, 7) is 5.19. The third-order valence-corrected chi connectivity index (χ3v) is 2.67. The van der Waals surface area contributed by atoms with Crippen molar-refractivity contribution in [2.75, 3.05) is 26.7 Å². The van der Waals surface area contributed by atoms with Gasteiger partial charge >= 0.3 is 12.0 Å². The van der Waals surface area contributed by atoms with Gasteiger partial charge in [-0.2, -0.15) is 0 Å². The summed E-state index contributed by atoms with van der Waals surface area (Å²) < 4.78 is 0. The van der Waals surface area contributed by atoms with E-state index in [9.17, 15) is 9.59 Å². The molecule has 2 N–H and O–H groups in total. The second kappa shape index (κ2) is 5.69.